The summed E-state index contributed by atoms with van der Waals surface area (Å²) >= 11 is 0. The van der Waals surface area contributed by atoms with Crippen molar-refractivity contribution in [2.75, 3.05) is 13.2 Å². The van der Waals surface area contributed by atoms with Gasteiger partial charge in [0, 0.05) is 11.3 Å². The van der Waals surface area contributed by atoms with Crippen LogP contribution in [0.2, 0.25) is 0 Å². The molecule has 15 heteroatoms. The number of rotatable bonds is 9. The average molecular weight is 621 g/mol. The molecule has 238 valence electrons. The molecule has 0 radical (unpaired) electrons. The van der Waals surface area contributed by atoms with Gasteiger partial charge in [-0.15, -0.1) is 0 Å². The first-order valence-corrected chi connectivity index (χ1v) is 13.7. The van der Waals surface area contributed by atoms with Crippen LogP contribution in [0.1, 0.15) is 35.4 Å². The molecule has 5 rings (SSSR count). The van der Waals surface area contributed by atoms with Crippen LogP contribution in [0.5, 0.6) is 5.75 Å². The zero-order chi connectivity index (χ0) is 32.3. The molecule has 0 amide bonds. The number of fused-ring (bicyclic) bond motifs is 3. The molecule has 1 heterocycles. The van der Waals surface area contributed by atoms with Crippen LogP contribution in [-0.4, -0.2) is 119 Å². The van der Waals surface area contributed by atoms with Crippen LogP contribution >= 0.6 is 0 Å². The molecule has 2 aromatic rings. The van der Waals surface area contributed by atoms with Gasteiger partial charge in [0.15, 0.2) is 17.1 Å². The number of hydrogen-bond donors (Lipinski definition) is 10. The third-order valence-corrected chi connectivity index (χ3v) is 8.83. The zero-order valence-electron chi connectivity index (χ0n) is 23.0. The van der Waals surface area contributed by atoms with Crippen LogP contribution < -0.4 is 5.43 Å². The van der Waals surface area contributed by atoms with E-state index in [0.29, 0.717) is 5.56 Å². The summed E-state index contributed by atoms with van der Waals surface area (Å²) in [5.74, 6) is -7.51. The maximum absolute atomic E-state index is 13.4. The molecule has 15 nitrogen and oxygen atoms in total. The summed E-state index contributed by atoms with van der Waals surface area (Å²) in [6.45, 7) is -1.41. The van der Waals surface area contributed by atoms with Gasteiger partial charge in [-0.3, -0.25) is 14.4 Å². The first kappa shape index (κ1) is 31.9. The van der Waals surface area contributed by atoms with E-state index in [2.05, 4.69) is 0 Å². The van der Waals surface area contributed by atoms with Crippen molar-refractivity contribution < 1.29 is 70.1 Å². The normalized spacial score (nSPS) is 29.2. The van der Waals surface area contributed by atoms with Crippen molar-refractivity contribution in [3.05, 3.63) is 56.8 Å². The van der Waals surface area contributed by atoms with Crippen LogP contribution in [0.4, 0.5) is 0 Å². The maximum Gasteiger partial charge on any atom is 0.321 e. The molecule has 44 heavy (non-hydrogen) atoms. The highest BCUT2D eigenvalue weighted by Crippen LogP contribution is 2.50. The lowest BCUT2D eigenvalue weighted by Gasteiger charge is -2.39. The minimum atomic E-state index is -2.62. The Balaban J connectivity index is 1.54. The van der Waals surface area contributed by atoms with E-state index in [-0.39, 0.29) is 33.9 Å². The number of phenols is 1. The minimum absolute atomic E-state index is 0.000555. The average Bonchev–Trinajstić information content (AvgIpc) is 3.07. The van der Waals surface area contributed by atoms with E-state index in [9.17, 15) is 65.4 Å². The molecule has 3 aliphatic rings. The van der Waals surface area contributed by atoms with Gasteiger partial charge in [0.25, 0.3) is 0 Å². The Morgan fingerprint density at radius 2 is 1.68 bits per heavy atom. The van der Waals surface area contributed by atoms with E-state index >= 15 is 0 Å². The highest BCUT2D eigenvalue weighted by Gasteiger charge is 2.52. The number of hydrogen-bond acceptors (Lipinski definition) is 13. The molecule has 1 aliphatic heterocycles. The third kappa shape index (κ3) is 5.05. The maximum atomic E-state index is 13.4. The van der Waals surface area contributed by atoms with Gasteiger partial charge in [-0.1, -0.05) is 12.1 Å². The molecular formula is C29H32O15. The second-order valence-electron chi connectivity index (χ2n) is 11.4. The molecule has 1 saturated heterocycles. The lowest BCUT2D eigenvalue weighted by Crippen LogP contribution is -2.59. The summed E-state index contributed by atoms with van der Waals surface area (Å²) in [6.07, 6.45) is -10.1. The highest BCUT2D eigenvalue weighted by atomic mass is 16.7. The fourth-order valence-corrected chi connectivity index (χ4v) is 6.30. The van der Waals surface area contributed by atoms with Gasteiger partial charge < -0.3 is 60.5 Å². The lowest BCUT2D eigenvalue weighted by atomic mass is 9.79. The Morgan fingerprint density at radius 1 is 1.00 bits per heavy atom. The molecule has 7 unspecified atom stereocenters. The number of carboxylic acids is 2. The van der Waals surface area contributed by atoms with Gasteiger partial charge in [-0.05, 0) is 59.7 Å². The Kier molecular flexibility index (Phi) is 8.30. The van der Waals surface area contributed by atoms with Crippen molar-refractivity contribution in [3.63, 3.8) is 0 Å². The van der Waals surface area contributed by atoms with Crippen molar-refractivity contribution in [3.8, 4) is 5.75 Å². The lowest BCUT2D eigenvalue weighted by molar-refractivity contribution is -0.301. The first-order valence-electron chi connectivity index (χ1n) is 13.7. The Labute approximate surface area is 248 Å². The largest absolute Gasteiger partial charge is 0.507 e. The van der Waals surface area contributed by atoms with Gasteiger partial charge in [0.2, 0.25) is 5.79 Å². The smallest absolute Gasteiger partial charge is 0.321 e. The number of benzene rings is 1. The first-order chi connectivity index (χ1) is 20.6. The molecule has 1 saturated carbocycles. The second kappa shape index (κ2) is 11.4. The van der Waals surface area contributed by atoms with Crippen LogP contribution in [0.3, 0.4) is 0 Å². The number of aliphatic carboxylic acids is 2. The van der Waals surface area contributed by atoms with E-state index in [4.69, 9.17) is 9.47 Å². The van der Waals surface area contributed by atoms with E-state index in [0.717, 1.165) is 6.07 Å². The molecule has 0 aromatic heterocycles. The molecular weight excluding hydrogens is 588 g/mol. The SMILES string of the molecule is O=C(O)C(CCOC1OC(CO)C(O)C(O)C1O)(Cc1cc2c3c(ccc(O)c3c(=O)c1)C1CC(=C2)C(O)(O)C1O)C(=O)O. The summed E-state index contributed by atoms with van der Waals surface area (Å²) < 4.78 is 10.6. The summed E-state index contributed by atoms with van der Waals surface area (Å²) in [6, 6.07) is 4.92. The topological polar surface area (TPSA) is 272 Å². The molecule has 2 bridgehead atoms. The molecule has 10 N–H and O–H groups in total. The van der Waals surface area contributed by atoms with Gasteiger partial charge in [-0.25, -0.2) is 0 Å². The molecule has 7 atom stereocenters. The van der Waals surface area contributed by atoms with Crippen LogP contribution in [0, 0.1) is 5.41 Å². The van der Waals surface area contributed by atoms with Gasteiger partial charge in [0.05, 0.1) is 18.6 Å². The minimum Gasteiger partial charge on any atom is -0.507 e. The highest BCUT2D eigenvalue weighted by molar-refractivity contribution is 6.00. The number of ether oxygens (including phenoxy) is 2. The summed E-state index contributed by atoms with van der Waals surface area (Å²) in [7, 11) is 0. The van der Waals surface area contributed by atoms with E-state index in [1.807, 2.05) is 0 Å². The van der Waals surface area contributed by atoms with E-state index < -0.39 is 103 Å². The van der Waals surface area contributed by atoms with Crippen molar-refractivity contribution in [1.29, 1.82) is 0 Å². The van der Waals surface area contributed by atoms with E-state index in [1.165, 1.54) is 24.3 Å². The number of carbonyl (C=O) groups is 2. The van der Waals surface area contributed by atoms with Gasteiger partial charge >= 0.3 is 11.9 Å². The number of phenolic OH excluding ortho intramolecular Hbond substituents is 1. The Morgan fingerprint density at radius 3 is 2.32 bits per heavy atom. The molecule has 0 spiro atoms. The second-order valence-corrected chi connectivity index (χ2v) is 11.4. The summed E-state index contributed by atoms with van der Waals surface area (Å²) in [4.78, 5) is 38.4. The van der Waals surface area contributed by atoms with Crippen molar-refractivity contribution in [2.45, 2.75) is 67.8 Å². The third-order valence-electron chi connectivity index (χ3n) is 8.83. The summed E-state index contributed by atoms with van der Waals surface area (Å²) in [5, 5.41) is 102. The Bertz CT molecular complexity index is 1570. The monoisotopic (exact) mass is 620 g/mol. The fourth-order valence-electron chi connectivity index (χ4n) is 6.30. The van der Waals surface area contributed by atoms with Crippen LogP contribution in [0.15, 0.2) is 34.6 Å². The van der Waals surface area contributed by atoms with Crippen molar-refractivity contribution in [2.24, 2.45) is 5.41 Å². The van der Waals surface area contributed by atoms with Crippen molar-refractivity contribution >= 4 is 28.8 Å². The van der Waals surface area contributed by atoms with Crippen LogP contribution in [-0.2, 0) is 25.5 Å². The number of aliphatic hydroxyl groups excluding tert-OH is 5. The fraction of sp³-hybridized carbons (Fsp3) is 0.483. The predicted molar refractivity (Wildman–Crippen MR) is 146 cm³/mol. The molecule has 2 aliphatic carbocycles. The van der Waals surface area contributed by atoms with Crippen LogP contribution in [0.25, 0.3) is 16.8 Å². The van der Waals surface area contributed by atoms with Crippen molar-refractivity contribution in [1.82, 2.24) is 0 Å². The Hall–Kier alpha value is -3.51. The predicted octanol–water partition coefficient (Wildman–Crippen LogP) is -2.26. The van der Waals surface area contributed by atoms with Gasteiger partial charge in [0.1, 0.15) is 36.3 Å². The number of aliphatic hydroxyl groups is 7. The number of carboxylic acid groups (broad SMARTS) is 2. The molecule has 2 aromatic carbocycles. The summed E-state index contributed by atoms with van der Waals surface area (Å²) in [5.41, 5.74) is -3.03. The standard InChI is InChI=1S/C29H32O15/c30-10-18-21(33)22(34)23(35)25(44-18)43-4-3-28(26(37)38,27(39)40)9-11-5-12-7-13-8-15(24(36)29(13,41)42)14-1-2-16(31)20(19(12)14)17(32)6-11/h1-2,5-7,15,18,21-25,30-31,33-36,41-42H,3-4,8-10H2,(H,37,38)(H,39,40). The van der Waals surface area contributed by atoms with Gasteiger partial charge in [-0.2, -0.15) is 0 Å². The quantitative estimate of drug-likeness (QED) is 0.105. The molecule has 2 fully saturated rings. The zero-order valence-corrected chi connectivity index (χ0v) is 23.0. The number of aromatic hydroxyl groups is 1. The van der Waals surface area contributed by atoms with E-state index in [1.54, 1.807) is 0 Å².